The second kappa shape index (κ2) is 4.00. The van der Waals surface area contributed by atoms with E-state index in [2.05, 4.69) is 10.6 Å². The van der Waals surface area contributed by atoms with Gasteiger partial charge in [0.15, 0.2) is 5.76 Å². The highest BCUT2D eigenvalue weighted by Gasteiger charge is 2.81. The normalized spacial score (nSPS) is 32.0. The summed E-state index contributed by atoms with van der Waals surface area (Å²) >= 11 is 0. The van der Waals surface area contributed by atoms with Gasteiger partial charge in [-0.2, -0.15) is 13.2 Å². The fourth-order valence-electron chi connectivity index (χ4n) is 3.26. The number of aryl methyl sites for hydroxylation is 1. The summed E-state index contributed by atoms with van der Waals surface area (Å²) in [6.45, 7) is 1.94. The molecule has 7 heteroatoms. The van der Waals surface area contributed by atoms with Crippen molar-refractivity contribution < 1.29 is 22.4 Å². The highest BCUT2D eigenvalue weighted by molar-refractivity contribution is 5.92. The maximum atomic E-state index is 13.1. The predicted molar refractivity (Wildman–Crippen MR) is 64.2 cm³/mol. The van der Waals surface area contributed by atoms with Crippen LogP contribution in [0.25, 0.3) is 0 Å². The van der Waals surface area contributed by atoms with E-state index < -0.39 is 22.9 Å². The topological polar surface area (TPSA) is 54.3 Å². The van der Waals surface area contributed by atoms with Gasteiger partial charge in [0.25, 0.3) is 5.91 Å². The van der Waals surface area contributed by atoms with E-state index in [0.29, 0.717) is 5.56 Å². The van der Waals surface area contributed by atoms with E-state index in [1.54, 1.807) is 13.0 Å². The summed E-state index contributed by atoms with van der Waals surface area (Å²) in [7, 11) is 0. The molecular formula is C13H15F3N2O2. The summed E-state index contributed by atoms with van der Waals surface area (Å²) in [6.07, 6.45) is -2.77. The number of furan rings is 1. The minimum Gasteiger partial charge on any atom is -0.459 e. The molecule has 0 spiro atoms. The van der Waals surface area contributed by atoms with Crippen molar-refractivity contribution in [3.8, 4) is 0 Å². The van der Waals surface area contributed by atoms with Crippen LogP contribution < -0.4 is 10.6 Å². The molecule has 110 valence electrons. The molecule has 1 saturated heterocycles. The van der Waals surface area contributed by atoms with Gasteiger partial charge in [-0.1, -0.05) is 0 Å². The molecule has 1 aromatic rings. The minimum absolute atomic E-state index is 0.0124. The van der Waals surface area contributed by atoms with E-state index in [1.165, 1.54) is 6.26 Å². The van der Waals surface area contributed by atoms with Crippen LogP contribution in [0, 0.1) is 17.8 Å². The van der Waals surface area contributed by atoms with Gasteiger partial charge < -0.3 is 15.1 Å². The number of amides is 1. The van der Waals surface area contributed by atoms with Crippen molar-refractivity contribution in [2.45, 2.75) is 19.5 Å². The smallest absolute Gasteiger partial charge is 0.396 e. The van der Waals surface area contributed by atoms with E-state index in [-0.39, 0.29) is 31.8 Å². The second-order valence-electron chi connectivity index (χ2n) is 5.76. The molecule has 1 aliphatic heterocycles. The Morgan fingerprint density at radius 3 is 2.80 bits per heavy atom. The Balaban J connectivity index is 1.68. The van der Waals surface area contributed by atoms with Crippen molar-refractivity contribution in [2.75, 3.05) is 19.6 Å². The van der Waals surface area contributed by atoms with Crippen molar-refractivity contribution >= 4 is 5.91 Å². The monoisotopic (exact) mass is 288 g/mol. The van der Waals surface area contributed by atoms with Gasteiger partial charge >= 0.3 is 6.18 Å². The van der Waals surface area contributed by atoms with Crippen LogP contribution in [0.1, 0.15) is 22.5 Å². The fourth-order valence-corrected chi connectivity index (χ4v) is 3.26. The van der Waals surface area contributed by atoms with Crippen molar-refractivity contribution in [3.05, 3.63) is 23.7 Å². The van der Waals surface area contributed by atoms with Crippen LogP contribution in [0.5, 0.6) is 0 Å². The fraction of sp³-hybridized carbons (Fsp3) is 0.615. The van der Waals surface area contributed by atoms with Crippen molar-refractivity contribution in [3.63, 3.8) is 0 Å². The number of alkyl halides is 3. The number of fused-ring (bicyclic) bond motifs is 1. The Kier molecular flexibility index (Phi) is 2.70. The molecular weight excluding hydrogens is 273 g/mol. The zero-order chi connectivity index (χ0) is 14.6. The van der Waals surface area contributed by atoms with Crippen molar-refractivity contribution in [1.29, 1.82) is 0 Å². The zero-order valence-electron chi connectivity index (χ0n) is 10.9. The Hall–Kier alpha value is -1.50. The van der Waals surface area contributed by atoms with Crippen molar-refractivity contribution in [1.82, 2.24) is 10.6 Å². The molecule has 2 atom stereocenters. The molecule has 0 radical (unpaired) electrons. The first-order chi connectivity index (χ1) is 9.31. The first kappa shape index (κ1) is 13.5. The molecule has 2 N–H and O–H groups in total. The minimum atomic E-state index is -4.23. The summed E-state index contributed by atoms with van der Waals surface area (Å²) in [5, 5.41) is 5.36. The number of carbonyl (C=O) groups is 1. The SMILES string of the molecule is Cc1ccoc1C(=O)NC[C@@]12CNC[C@]1(C(F)(F)F)C2. The average molecular weight is 288 g/mol. The lowest BCUT2D eigenvalue weighted by atomic mass is 9.95. The van der Waals surface area contributed by atoms with Crippen LogP contribution in [0.4, 0.5) is 13.2 Å². The largest absolute Gasteiger partial charge is 0.459 e. The molecule has 0 unspecified atom stereocenters. The maximum Gasteiger partial charge on any atom is 0.396 e. The Morgan fingerprint density at radius 1 is 1.50 bits per heavy atom. The number of hydrogen-bond donors (Lipinski definition) is 2. The first-order valence-corrected chi connectivity index (χ1v) is 6.41. The third-order valence-electron chi connectivity index (χ3n) is 4.62. The van der Waals surface area contributed by atoms with Gasteiger partial charge in [0.05, 0.1) is 11.7 Å². The van der Waals surface area contributed by atoms with Crippen LogP contribution in [0.15, 0.2) is 16.7 Å². The van der Waals surface area contributed by atoms with Crippen LogP contribution in [-0.2, 0) is 0 Å². The third kappa shape index (κ3) is 1.69. The predicted octanol–water partition coefficient (Wildman–Crippen LogP) is 1.86. The zero-order valence-corrected chi connectivity index (χ0v) is 10.9. The molecule has 2 fully saturated rings. The Labute approximate surface area is 113 Å². The van der Waals surface area contributed by atoms with Crippen LogP contribution >= 0.6 is 0 Å². The number of halogens is 3. The summed E-state index contributed by atoms with van der Waals surface area (Å²) in [5.74, 6) is -0.303. The number of nitrogens with one attached hydrogen (secondary N) is 2. The molecule has 3 rings (SSSR count). The molecule has 1 aromatic heterocycles. The molecule has 2 aliphatic rings. The van der Waals surface area contributed by atoms with Crippen LogP contribution in [0.3, 0.4) is 0 Å². The van der Waals surface area contributed by atoms with Gasteiger partial charge in [-0.25, -0.2) is 0 Å². The highest BCUT2D eigenvalue weighted by atomic mass is 19.4. The average Bonchev–Trinajstić information content (AvgIpc) is 2.70. The maximum absolute atomic E-state index is 13.1. The molecule has 4 nitrogen and oxygen atoms in total. The van der Waals surface area contributed by atoms with E-state index in [0.717, 1.165) is 0 Å². The lowest BCUT2D eigenvalue weighted by molar-refractivity contribution is -0.190. The third-order valence-corrected chi connectivity index (χ3v) is 4.62. The highest BCUT2D eigenvalue weighted by Crippen LogP contribution is 2.72. The quantitative estimate of drug-likeness (QED) is 0.892. The van der Waals surface area contributed by atoms with Gasteiger partial charge in [-0.05, 0) is 19.4 Å². The van der Waals surface area contributed by atoms with Gasteiger partial charge in [0, 0.05) is 30.6 Å². The molecule has 2 heterocycles. The van der Waals surface area contributed by atoms with Crippen molar-refractivity contribution in [2.24, 2.45) is 10.8 Å². The molecule has 0 bridgehead atoms. The Bertz CT molecular complexity index is 554. The summed E-state index contributed by atoms with van der Waals surface area (Å²) in [5.41, 5.74) is -1.91. The standard InChI is InChI=1S/C13H15F3N2O2/c1-8-2-3-20-9(8)10(19)18-6-11-4-12(11,7-17-5-11)13(14,15)16/h2-3,17H,4-7H2,1H3,(H,18,19)/t11-,12-/m1/s1. The first-order valence-electron chi connectivity index (χ1n) is 6.41. The number of piperidine rings is 1. The lowest BCUT2D eigenvalue weighted by Crippen LogP contribution is -2.37. The molecule has 1 amide bonds. The van der Waals surface area contributed by atoms with E-state index >= 15 is 0 Å². The van der Waals surface area contributed by atoms with Gasteiger partial charge in [0.1, 0.15) is 0 Å². The summed E-state index contributed by atoms with van der Waals surface area (Å²) in [4.78, 5) is 11.9. The Morgan fingerprint density at radius 2 is 2.25 bits per heavy atom. The molecule has 1 aliphatic carbocycles. The van der Waals surface area contributed by atoms with E-state index in [1.807, 2.05) is 0 Å². The van der Waals surface area contributed by atoms with Gasteiger partial charge in [0.2, 0.25) is 0 Å². The molecule has 1 saturated carbocycles. The van der Waals surface area contributed by atoms with Gasteiger partial charge in [-0.15, -0.1) is 0 Å². The van der Waals surface area contributed by atoms with E-state index in [4.69, 9.17) is 4.42 Å². The van der Waals surface area contributed by atoms with Crippen LogP contribution in [0.2, 0.25) is 0 Å². The number of carbonyl (C=O) groups excluding carboxylic acids is 1. The number of hydrogen-bond acceptors (Lipinski definition) is 3. The second-order valence-corrected chi connectivity index (χ2v) is 5.76. The van der Waals surface area contributed by atoms with Crippen LogP contribution in [-0.4, -0.2) is 31.7 Å². The lowest BCUT2D eigenvalue weighted by Gasteiger charge is -2.20. The molecule has 20 heavy (non-hydrogen) atoms. The van der Waals surface area contributed by atoms with Gasteiger partial charge in [-0.3, -0.25) is 4.79 Å². The summed E-state index contributed by atoms with van der Waals surface area (Å²) < 4.78 is 44.4. The molecule has 0 aromatic carbocycles. The summed E-state index contributed by atoms with van der Waals surface area (Å²) in [6, 6.07) is 1.64. The number of rotatable bonds is 3. The van der Waals surface area contributed by atoms with E-state index in [9.17, 15) is 18.0 Å².